The fourth-order valence-electron chi connectivity index (χ4n) is 1.76. The van der Waals surface area contributed by atoms with Gasteiger partial charge in [-0.05, 0) is 23.1 Å². The van der Waals surface area contributed by atoms with Crippen LogP contribution >= 0.6 is 0 Å². The summed E-state index contributed by atoms with van der Waals surface area (Å²) in [6, 6.07) is 8.33. The Bertz CT molecular complexity index is 554. The van der Waals surface area contributed by atoms with E-state index in [-0.39, 0.29) is 10.8 Å². The second-order valence-electron chi connectivity index (χ2n) is 7.00. The van der Waals surface area contributed by atoms with E-state index in [2.05, 4.69) is 63.8 Å². The molecule has 0 fully saturated rings. The van der Waals surface area contributed by atoms with Crippen molar-refractivity contribution in [2.75, 3.05) is 0 Å². The Morgan fingerprint density at radius 1 is 0.842 bits per heavy atom. The lowest BCUT2D eigenvalue weighted by Gasteiger charge is -2.18. The number of nitrogens with zero attached hydrogens (tertiary/aromatic N) is 2. The van der Waals surface area contributed by atoms with Gasteiger partial charge in [-0.15, -0.1) is 0 Å². The van der Waals surface area contributed by atoms with Gasteiger partial charge in [-0.2, -0.15) is 4.98 Å². The van der Waals surface area contributed by atoms with Crippen LogP contribution in [0.25, 0.3) is 11.5 Å². The first-order valence-electron chi connectivity index (χ1n) is 6.63. The summed E-state index contributed by atoms with van der Waals surface area (Å²) >= 11 is 0. The van der Waals surface area contributed by atoms with Gasteiger partial charge in [0.15, 0.2) is 5.82 Å². The van der Waals surface area contributed by atoms with E-state index in [0.29, 0.717) is 5.89 Å². The van der Waals surface area contributed by atoms with Crippen molar-refractivity contribution in [2.24, 2.45) is 0 Å². The van der Waals surface area contributed by atoms with E-state index in [0.717, 1.165) is 11.4 Å². The zero-order valence-electron chi connectivity index (χ0n) is 12.6. The molecule has 0 amide bonds. The third-order valence-electron chi connectivity index (χ3n) is 3.09. The van der Waals surface area contributed by atoms with Gasteiger partial charge in [0.1, 0.15) is 0 Å². The van der Waals surface area contributed by atoms with E-state index in [9.17, 15) is 0 Å². The van der Waals surface area contributed by atoms with Gasteiger partial charge in [0, 0.05) is 11.0 Å². The normalized spacial score (nSPS) is 12.7. The van der Waals surface area contributed by atoms with Crippen molar-refractivity contribution in [2.45, 2.75) is 52.4 Å². The maximum atomic E-state index is 5.34. The molecule has 1 aromatic carbocycles. The van der Waals surface area contributed by atoms with Crippen LogP contribution in [0.3, 0.4) is 0 Å². The zero-order valence-corrected chi connectivity index (χ0v) is 12.6. The Labute approximate surface area is 115 Å². The first kappa shape index (κ1) is 13.8. The van der Waals surface area contributed by atoms with Crippen LogP contribution in [0.4, 0.5) is 0 Å². The van der Waals surface area contributed by atoms with Crippen molar-refractivity contribution < 1.29 is 4.52 Å². The van der Waals surface area contributed by atoms with Crippen LogP contribution < -0.4 is 0 Å². The highest BCUT2D eigenvalue weighted by Crippen LogP contribution is 2.27. The van der Waals surface area contributed by atoms with Gasteiger partial charge in [-0.25, -0.2) is 0 Å². The molecular formula is C16H22N2O. The molecule has 0 aliphatic rings. The van der Waals surface area contributed by atoms with Crippen molar-refractivity contribution in [3.05, 3.63) is 35.7 Å². The minimum Gasteiger partial charge on any atom is -0.334 e. The van der Waals surface area contributed by atoms with Gasteiger partial charge >= 0.3 is 0 Å². The van der Waals surface area contributed by atoms with Crippen molar-refractivity contribution in [3.8, 4) is 11.5 Å². The number of hydrogen-bond acceptors (Lipinski definition) is 3. The smallest absolute Gasteiger partial charge is 0.257 e. The summed E-state index contributed by atoms with van der Waals surface area (Å²) in [6.45, 7) is 12.8. The average Bonchev–Trinajstić information content (AvgIpc) is 2.77. The summed E-state index contributed by atoms with van der Waals surface area (Å²) in [7, 11) is 0. The molecular weight excluding hydrogens is 236 g/mol. The molecule has 102 valence electrons. The standard InChI is InChI=1S/C16H22N2O/c1-15(2,3)12-9-7-11(8-10-12)13-17-14(18-19-13)16(4,5)6/h7-10H,1-6H3. The first-order chi connectivity index (χ1) is 8.68. The van der Waals surface area contributed by atoms with Gasteiger partial charge in [0.25, 0.3) is 5.89 Å². The molecule has 0 saturated heterocycles. The van der Waals surface area contributed by atoms with Gasteiger partial charge in [0.05, 0.1) is 0 Å². The van der Waals surface area contributed by atoms with Crippen molar-refractivity contribution in [1.82, 2.24) is 10.1 Å². The zero-order chi connectivity index (χ0) is 14.3. The third-order valence-corrected chi connectivity index (χ3v) is 3.09. The highest BCUT2D eigenvalue weighted by molar-refractivity contribution is 5.53. The van der Waals surface area contributed by atoms with Crippen LogP contribution in [0.15, 0.2) is 28.8 Å². The molecule has 0 spiro atoms. The maximum Gasteiger partial charge on any atom is 0.257 e. The van der Waals surface area contributed by atoms with Crippen molar-refractivity contribution in [3.63, 3.8) is 0 Å². The summed E-state index contributed by atoms with van der Waals surface area (Å²) in [5.41, 5.74) is 2.33. The molecule has 0 aliphatic heterocycles. The summed E-state index contributed by atoms with van der Waals surface area (Å²) in [5.74, 6) is 1.33. The number of rotatable bonds is 1. The maximum absolute atomic E-state index is 5.34. The molecule has 0 atom stereocenters. The Kier molecular flexibility index (Phi) is 3.25. The lowest BCUT2D eigenvalue weighted by Crippen LogP contribution is -2.13. The largest absolute Gasteiger partial charge is 0.334 e. The third kappa shape index (κ3) is 3.03. The SMILES string of the molecule is CC(C)(C)c1ccc(-c2nc(C(C)(C)C)no2)cc1. The molecule has 19 heavy (non-hydrogen) atoms. The molecule has 2 rings (SSSR count). The van der Waals surface area contributed by atoms with Gasteiger partial charge in [-0.3, -0.25) is 0 Å². The quantitative estimate of drug-likeness (QED) is 0.764. The minimum atomic E-state index is -0.0902. The fourth-order valence-corrected chi connectivity index (χ4v) is 1.76. The Hall–Kier alpha value is -1.64. The van der Waals surface area contributed by atoms with Crippen molar-refractivity contribution >= 4 is 0 Å². The monoisotopic (exact) mass is 258 g/mol. The van der Waals surface area contributed by atoms with Crippen LogP contribution in [-0.4, -0.2) is 10.1 Å². The molecule has 1 aromatic heterocycles. The molecule has 3 nitrogen and oxygen atoms in total. The minimum absolute atomic E-state index is 0.0902. The second-order valence-corrected chi connectivity index (χ2v) is 7.00. The molecule has 0 bridgehead atoms. The second kappa shape index (κ2) is 4.48. The predicted molar refractivity (Wildman–Crippen MR) is 77.1 cm³/mol. The Morgan fingerprint density at radius 2 is 1.42 bits per heavy atom. The van der Waals surface area contributed by atoms with E-state index in [1.807, 2.05) is 12.1 Å². The van der Waals surface area contributed by atoms with Crippen LogP contribution in [0.5, 0.6) is 0 Å². The number of benzene rings is 1. The van der Waals surface area contributed by atoms with Crippen LogP contribution in [0.1, 0.15) is 52.9 Å². The molecule has 1 heterocycles. The van der Waals surface area contributed by atoms with Gasteiger partial charge in [-0.1, -0.05) is 58.8 Å². The van der Waals surface area contributed by atoms with E-state index >= 15 is 0 Å². The highest BCUT2D eigenvalue weighted by Gasteiger charge is 2.21. The van der Waals surface area contributed by atoms with E-state index in [4.69, 9.17) is 4.52 Å². The Morgan fingerprint density at radius 3 is 1.84 bits per heavy atom. The molecule has 3 heteroatoms. The molecule has 2 aromatic rings. The summed E-state index contributed by atoms with van der Waals surface area (Å²) < 4.78 is 5.34. The fraction of sp³-hybridized carbons (Fsp3) is 0.500. The molecule has 0 radical (unpaired) electrons. The first-order valence-corrected chi connectivity index (χ1v) is 6.63. The van der Waals surface area contributed by atoms with E-state index < -0.39 is 0 Å². The van der Waals surface area contributed by atoms with E-state index in [1.165, 1.54) is 5.56 Å². The molecule has 0 unspecified atom stereocenters. The predicted octanol–water partition coefficient (Wildman–Crippen LogP) is 4.33. The number of hydrogen-bond donors (Lipinski definition) is 0. The number of aromatic nitrogens is 2. The summed E-state index contributed by atoms with van der Waals surface area (Å²) in [4.78, 5) is 4.47. The lowest BCUT2D eigenvalue weighted by atomic mass is 9.87. The molecule has 0 N–H and O–H groups in total. The topological polar surface area (TPSA) is 38.9 Å². The van der Waals surface area contributed by atoms with Crippen LogP contribution in [0.2, 0.25) is 0 Å². The van der Waals surface area contributed by atoms with E-state index in [1.54, 1.807) is 0 Å². The Balaban J connectivity index is 2.31. The molecule has 0 aliphatic carbocycles. The van der Waals surface area contributed by atoms with Crippen molar-refractivity contribution in [1.29, 1.82) is 0 Å². The van der Waals surface area contributed by atoms with Gasteiger partial charge in [0.2, 0.25) is 0 Å². The summed E-state index contributed by atoms with van der Waals surface area (Å²) in [6.07, 6.45) is 0. The lowest BCUT2D eigenvalue weighted by molar-refractivity contribution is 0.402. The van der Waals surface area contributed by atoms with Gasteiger partial charge < -0.3 is 4.52 Å². The van der Waals surface area contributed by atoms with Crippen LogP contribution in [-0.2, 0) is 10.8 Å². The molecule has 0 saturated carbocycles. The highest BCUT2D eigenvalue weighted by atomic mass is 16.5. The summed E-state index contributed by atoms with van der Waals surface area (Å²) in [5, 5.41) is 4.05. The average molecular weight is 258 g/mol. The van der Waals surface area contributed by atoms with Crippen LogP contribution in [0, 0.1) is 0 Å².